The molecule has 2 unspecified atom stereocenters. The van der Waals surface area contributed by atoms with E-state index in [0.29, 0.717) is 6.10 Å². The Morgan fingerprint density at radius 3 is 2.25 bits per heavy atom. The van der Waals surface area contributed by atoms with Gasteiger partial charge in [-0.05, 0) is 38.2 Å². The molecule has 0 aromatic heterocycles. The van der Waals surface area contributed by atoms with E-state index in [1.165, 1.54) is 64.2 Å². The maximum atomic E-state index is 8.60. The molecule has 2 nitrogen and oxygen atoms in total. The summed E-state index contributed by atoms with van der Waals surface area (Å²) in [5.74, 6) is 0. The Bertz CT molecular complexity index is 271. The summed E-state index contributed by atoms with van der Waals surface area (Å²) in [7, 11) is 0. The molecule has 0 aromatic carbocycles. The minimum atomic E-state index is 0.184. The van der Waals surface area contributed by atoms with Gasteiger partial charge in [0.1, 0.15) is 6.10 Å². The maximum absolute atomic E-state index is 8.60. The summed E-state index contributed by atoms with van der Waals surface area (Å²) in [6.07, 6.45) is 22.4. The van der Waals surface area contributed by atoms with Crippen molar-refractivity contribution >= 4 is 0 Å². The van der Waals surface area contributed by atoms with Crippen molar-refractivity contribution in [2.75, 3.05) is 0 Å². The van der Waals surface area contributed by atoms with Gasteiger partial charge in [0, 0.05) is 0 Å². The van der Waals surface area contributed by atoms with Crippen LogP contribution in [0.1, 0.15) is 77.6 Å². The van der Waals surface area contributed by atoms with Gasteiger partial charge in [0.25, 0.3) is 0 Å². The molecule has 20 heavy (non-hydrogen) atoms. The van der Waals surface area contributed by atoms with Crippen molar-refractivity contribution in [3.05, 3.63) is 24.5 Å². The number of ether oxygens (including phenoxy) is 1. The lowest BCUT2D eigenvalue weighted by molar-refractivity contribution is 0.371. The number of aliphatic hydroxyl groups excluding tert-OH is 1. The van der Waals surface area contributed by atoms with Gasteiger partial charge in [-0.15, -0.1) is 0 Å². The van der Waals surface area contributed by atoms with Crippen LogP contribution in [-0.4, -0.2) is 17.3 Å². The highest BCUT2D eigenvalue weighted by Crippen LogP contribution is 2.28. The fourth-order valence-electron chi connectivity index (χ4n) is 2.53. The molecule has 2 atom stereocenters. The van der Waals surface area contributed by atoms with E-state index in [2.05, 4.69) is 19.1 Å². The number of rotatable bonds is 13. The minimum Gasteiger partial charge on any atom is -0.516 e. The highest BCUT2D eigenvalue weighted by Gasteiger charge is 2.35. The second kappa shape index (κ2) is 12.0. The molecule has 1 aliphatic rings. The highest BCUT2D eigenvalue weighted by molar-refractivity contribution is 4.99. The lowest BCUT2D eigenvalue weighted by Crippen LogP contribution is -1.90. The SMILES string of the molecule is CCCCCCCCC=CCCCCC1OC1C=CO. The van der Waals surface area contributed by atoms with Gasteiger partial charge in [0.05, 0.1) is 12.4 Å². The van der Waals surface area contributed by atoms with E-state index in [1.54, 1.807) is 6.08 Å². The van der Waals surface area contributed by atoms with Gasteiger partial charge < -0.3 is 9.84 Å². The molecule has 0 spiro atoms. The molecule has 116 valence electrons. The normalized spacial score (nSPS) is 22.1. The maximum Gasteiger partial charge on any atom is 0.105 e. The first-order chi connectivity index (χ1) is 9.88. The topological polar surface area (TPSA) is 32.8 Å². The molecule has 0 bridgehead atoms. The third-order valence-corrected chi connectivity index (χ3v) is 3.90. The predicted molar refractivity (Wildman–Crippen MR) is 86.0 cm³/mol. The molecule has 1 heterocycles. The van der Waals surface area contributed by atoms with Crippen molar-refractivity contribution in [2.24, 2.45) is 0 Å². The van der Waals surface area contributed by atoms with E-state index in [-0.39, 0.29) is 6.10 Å². The van der Waals surface area contributed by atoms with Crippen LogP contribution in [0.25, 0.3) is 0 Å². The Hall–Kier alpha value is -0.760. The third-order valence-electron chi connectivity index (χ3n) is 3.90. The first-order valence-corrected chi connectivity index (χ1v) is 8.49. The molecular formula is C18H32O2. The summed E-state index contributed by atoms with van der Waals surface area (Å²) in [4.78, 5) is 0. The van der Waals surface area contributed by atoms with Crippen LogP contribution in [0.5, 0.6) is 0 Å². The highest BCUT2D eigenvalue weighted by atomic mass is 16.6. The molecule has 2 heteroatoms. The Morgan fingerprint density at radius 1 is 0.900 bits per heavy atom. The first-order valence-electron chi connectivity index (χ1n) is 8.49. The monoisotopic (exact) mass is 280 g/mol. The van der Waals surface area contributed by atoms with Crippen LogP contribution in [-0.2, 0) is 4.74 Å². The Labute approximate surface area is 124 Å². The van der Waals surface area contributed by atoms with Crippen molar-refractivity contribution in [3.8, 4) is 0 Å². The van der Waals surface area contributed by atoms with Gasteiger partial charge in [0.2, 0.25) is 0 Å². The van der Waals surface area contributed by atoms with E-state index >= 15 is 0 Å². The molecule has 0 aromatic rings. The summed E-state index contributed by atoms with van der Waals surface area (Å²) in [6.45, 7) is 2.27. The van der Waals surface area contributed by atoms with E-state index in [4.69, 9.17) is 9.84 Å². The quantitative estimate of drug-likeness (QED) is 0.203. The van der Waals surface area contributed by atoms with E-state index < -0.39 is 0 Å². The average Bonchev–Trinajstić information content (AvgIpc) is 3.19. The van der Waals surface area contributed by atoms with Crippen LogP contribution in [0.3, 0.4) is 0 Å². The smallest absolute Gasteiger partial charge is 0.105 e. The number of allylic oxidation sites excluding steroid dienone is 2. The lowest BCUT2D eigenvalue weighted by Gasteiger charge is -1.98. The fourth-order valence-corrected chi connectivity index (χ4v) is 2.53. The van der Waals surface area contributed by atoms with Crippen molar-refractivity contribution in [2.45, 2.75) is 89.8 Å². The molecular weight excluding hydrogens is 248 g/mol. The summed E-state index contributed by atoms with van der Waals surface area (Å²) < 4.78 is 5.39. The van der Waals surface area contributed by atoms with Crippen LogP contribution in [0.2, 0.25) is 0 Å². The minimum absolute atomic E-state index is 0.184. The molecule has 1 saturated heterocycles. The van der Waals surface area contributed by atoms with Gasteiger partial charge >= 0.3 is 0 Å². The zero-order chi connectivity index (χ0) is 14.5. The molecule has 1 fully saturated rings. The third kappa shape index (κ3) is 9.19. The molecule has 1 N–H and O–H groups in total. The van der Waals surface area contributed by atoms with Crippen LogP contribution >= 0.6 is 0 Å². The summed E-state index contributed by atoms with van der Waals surface area (Å²) in [5, 5.41) is 8.60. The van der Waals surface area contributed by atoms with E-state index in [1.807, 2.05) is 0 Å². The Balaban J connectivity index is 1.77. The second-order valence-electron chi connectivity index (χ2n) is 5.79. The molecule has 1 rings (SSSR count). The van der Waals surface area contributed by atoms with Gasteiger partial charge in [0.15, 0.2) is 0 Å². The predicted octanol–water partition coefficient (Wildman–Crippen LogP) is 5.69. The number of aliphatic hydroxyl groups is 1. The Morgan fingerprint density at radius 2 is 1.55 bits per heavy atom. The van der Waals surface area contributed by atoms with Gasteiger partial charge in [-0.25, -0.2) is 0 Å². The molecule has 0 saturated carbocycles. The zero-order valence-electron chi connectivity index (χ0n) is 13.1. The summed E-state index contributed by atoms with van der Waals surface area (Å²) in [5.41, 5.74) is 0. The standard InChI is InChI=1S/C18H32O2/c1-2-3-4-5-6-7-8-9-10-11-12-13-14-17-18(20-17)15-16-19/h9-10,15-19H,2-8,11-14H2,1H3. The van der Waals surface area contributed by atoms with Crippen molar-refractivity contribution in [1.82, 2.24) is 0 Å². The molecule has 0 aliphatic carbocycles. The van der Waals surface area contributed by atoms with Crippen molar-refractivity contribution in [3.63, 3.8) is 0 Å². The molecule has 1 aliphatic heterocycles. The summed E-state index contributed by atoms with van der Waals surface area (Å²) in [6, 6.07) is 0. The Kier molecular flexibility index (Phi) is 10.4. The summed E-state index contributed by atoms with van der Waals surface area (Å²) >= 11 is 0. The lowest BCUT2D eigenvalue weighted by atomic mass is 10.1. The van der Waals surface area contributed by atoms with E-state index in [0.717, 1.165) is 12.7 Å². The number of unbranched alkanes of at least 4 members (excludes halogenated alkanes) is 8. The van der Waals surface area contributed by atoms with E-state index in [9.17, 15) is 0 Å². The van der Waals surface area contributed by atoms with Gasteiger partial charge in [-0.3, -0.25) is 0 Å². The zero-order valence-corrected chi connectivity index (χ0v) is 13.1. The average molecular weight is 280 g/mol. The van der Waals surface area contributed by atoms with Crippen LogP contribution in [0.15, 0.2) is 24.5 Å². The van der Waals surface area contributed by atoms with Crippen molar-refractivity contribution < 1.29 is 9.84 Å². The second-order valence-corrected chi connectivity index (χ2v) is 5.79. The first kappa shape index (κ1) is 17.3. The van der Waals surface area contributed by atoms with Crippen LogP contribution in [0, 0.1) is 0 Å². The fraction of sp³-hybridized carbons (Fsp3) is 0.778. The number of hydrogen-bond donors (Lipinski definition) is 1. The van der Waals surface area contributed by atoms with Gasteiger partial charge in [-0.1, -0.05) is 57.6 Å². The largest absolute Gasteiger partial charge is 0.516 e. The number of epoxide rings is 1. The number of hydrogen-bond acceptors (Lipinski definition) is 2. The van der Waals surface area contributed by atoms with Crippen LogP contribution in [0.4, 0.5) is 0 Å². The molecule has 0 radical (unpaired) electrons. The van der Waals surface area contributed by atoms with Gasteiger partial charge in [-0.2, -0.15) is 0 Å². The van der Waals surface area contributed by atoms with Crippen LogP contribution < -0.4 is 0 Å². The van der Waals surface area contributed by atoms with Crippen molar-refractivity contribution in [1.29, 1.82) is 0 Å². The molecule has 0 amide bonds.